The molecule has 152 valence electrons. The zero-order valence-corrected chi connectivity index (χ0v) is 17.2. The Labute approximate surface area is 168 Å². The molecular formula is C21H29N3O3S. The van der Waals surface area contributed by atoms with Crippen molar-refractivity contribution in [3.63, 3.8) is 0 Å². The van der Waals surface area contributed by atoms with Gasteiger partial charge in [-0.1, -0.05) is 36.4 Å². The third kappa shape index (κ3) is 5.61. The second kappa shape index (κ2) is 10.1. The number of benzene rings is 1. The monoisotopic (exact) mass is 403 g/mol. The van der Waals surface area contributed by atoms with E-state index in [0.717, 1.165) is 24.1 Å². The van der Waals surface area contributed by atoms with E-state index in [0.29, 0.717) is 32.7 Å². The van der Waals surface area contributed by atoms with Crippen molar-refractivity contribution < 1.29 is 13.2 Å². The highest BCUT2D eigenvalue weighted by molar-refractivity contribution is 7.86. The van der Waals surface area contributed by atoms with Crippen molar-refractivity contribution in [3.05, 3.63) is 66.0 Å². The van der Waals surface area contributed by atoms with Crippen molar-refractivity contribution in [2.24, 2.45) is 5.92 Å². The number of nitrogens with zero attached hydrogens (tertiary/aromatic N) is 3. The van der Waals surface area contributed by atoms with Crippen molar-refractivity contribution in [1.29, 1.82) is 0 Å². The molecule has 1 aromatic carbocycles. The first-order valence-corrected chi connectivity index (χ1v) is 11.2. The normalized spacial score (nSPS) is 18.4. The van der Waals surface area contributed by atoms with Gasteiger partial charge in [0.05, 0.1) is 18.8 Å². The summed E-state index contributed by atoms with van der Waals surface area (Å²) in [4.78, 5) is 4.33. The van der Waals surface area contributed by atoms with Crippen LogP contribution in [0.3, 0.4) is 0 Å². The molecule has 28 heavy (non-hydrogen) atoms. The maximum absolute atomic E-state index is 13.4. The Morgan fingerprint density at radius 2 is 1.96 bits per heavy atom. The van der Waals surface area contributed by atoms with Gasteiger partial charge in [-0.3, -0.25) is 4.98 Å². The molecule has 1 aliphatic rings. The predicted octanol–water partition coefficient (Wildman–Crippen LogP) is 2.73. The van der Waals surface area contributed by atoms with Crippen LogP contribution in [0, 0.1) is 5.92 Å². The van der Waals surface area contributed by atoms with E-state index in [-0.39, 0.29) is 12.5 Å². The first-order valence-electron chi connectivity index (χ1n) is 9.77. The summed E-state index contributed by atoms with van der Waals surface area (Å²) >= 11 is 0. The van der Waals surface area contributed by atoms with Crippen LogP contribution in [0.4, 0.5) is 0 Å². The summed E-state index contributed by atoms with van der Waals surface area (Å²) in [5.41, 5.74) is 1.88. The third-order valence-corrected chi connectivity index (χ3v) is 7.04. The van der Waals surface area contributed by atoms with Gasteiger partial charge in [0.15, 0.2) is 0 Å². The minimum absolute atomic E-state index is 0.249. The molecule has 0 N–H and O–H groups in total. The van der Waals surface area contributed by atoms with Crippen LogP contribution in [-0.4, -0.2) is 55.4 Å². The number of hydrogen-bond donors (Lipinski definition) is 0. The Hall–Kier alpha value is -1.80. The predicted molar refractivity (Wildman–Crippen MR) is 110 cm³/mol. The maximum Gasteiger partial charge on any atom is 0.282 e. The molecule has 1 atom stereocenters. The molecule has 6 nitrogen and oxygen atoms in total. The molecule has 7 heteroatoms. The van der Waals surface area contributed by atoms with Crippen LogP contribution in [0.1, 0.15) is 24.1 Å². The van der Waals surface area contributed by atoms with Gasteiger partial charge in [-0.15, -0.1) is 0 Å². The summed E-state index contributed by atoms with van der Waals surface area (Å²) in [6.45, 7) is 2.37. The fraction of sp³-hybridized carbons (Fsp3) is 0.476. The molecule has 3 rings (SSSR count). The summed E-state index contributed by atoms with van der Waals surface area (Å²) in [6, 6.07) is 15.6. The average molecular weight is 404 g/mol. The SMILES string of the molecule is COCC1CCCN(S(=O)(=O)N(CCc2ccccc2)Cc2ccccn2)C1. The number of hydrogen-bond acceptors (Lipinski definition) is 4. The number of methoxy groups -OCH3 is 1. The van der Waals surface area contributed by atoms with Crippen LogP contribution in [0.5, 0.6) is 0 Å². The maximum atomic E-state index is 13.4. The van der Waals surface area contributed by atoms with Crippen LogP contribution < -0.4 is 0 Å². The van der Waals surface area contributed by atoms with E-state index in [4.69, 9.17) is 4.74 Å². The molecule has 0 bridgehead atoms. The van der Waals surface area contributed by atoms with E-state index in [1.807, 2.05) is 48.5 Å². The Morgan fingerprint density at radius 3 is 2.68 bits per heavy atom. The lowest BCUT2D eigenvalue weighted by molar-refractivity contribution is 0.116. The first kappa shape index (κ1) is 20.9. The molecular weight excluding hydrogens is 374 g/mol. The van der Waals surface area contributed by atoms with Gasteiger partial charge in [0.2, 0.25) is 0 Å². The van der Waals surface area contributed by atoms with Crippen molar-refractivity contribution in [2.75, 3.05) is 33.4 Å². The summed E-state index contributed by atoms with van der Waals surface area (Å²) in [5.74, 6) is 0.249. The van der Waals surface area contributed by atoms with Gasteiger partial charge in [0.25, 0.3) is 10.2 Å². The van der Waals surface area contributed by atoms with Gasteiger partial charge in [-0.05, 0) is 42.9 Å². The Morgan fingerprint density at radius 1 is 1.18 bits per heavy atom. The van der Waals surface area contributed by atoms with Gasteiger partial charge in [0, 0.05) is 32.9 Å². The number of rotatable bonds is 9. The van der Waals surface area contributed by atoms with E-state index in [2.05, 4.69) is 4.98 Å². The smallest absolute Gasteiger partial charge is 0.282 e. The van der Waals surface area contributed by atoms with E-state index in [1.54, 1.807) is 21.9 Å². The van der Waals surface area contributed by atoms with Crippen molar-refractivity contribution in [2.45, 2.75) is 25.8 Å². The molecule has 2 heterocycles. The first-order chi connectivity index (χ1) is 13.6. The van der Waals surface area contributed by atoms with Crippen molar-refractivity contribution in [1.82, 2.24) is 13.6 Å². The van der Waals surface area contributed by atoms with E-state index < -0.39 is 10.2 Å². The molecule has 1 aliphatic heterocycles. The topological polar surface area (TPSA) is 62.7 Å². The van der Waals surface area contributed by atoms with Crippen LogP contribution >= 0.6 is 0 Å². The van der Waals surface area contributed by atoms with Gasteiger partial charge < -0.3 is 4.74 Å². The highest BCUT2D eigenvalue weighted by atomic mass is 32.2. The van der Waals surface area contributed by atoms with E-state index >= 15 is 0 Å². The van der Waals surface area contributed by atoms with Crippen LogP contribution in [0.25, 0.3) is 0 Å². The minimum Gasteiger partial charge on any atom is -0.384 e. The van der Waals surface area contributed by atoms with Crippen LogP contribution in [-0.2, 0) is 27.9 Å². The molecule has 0 saturated carbocycles. The minimum atomic E-state index is -3.57. The quantitative estimate of drug-likeness (QED) is 0.646. The lowest BCUT2D eigenvalue weighted by Gasteiger charge is -2.35. The summed E-state index contributed by atoms with van der Waals surface area (Å²) < 4.78 is 35.3. The zero-order valence-electron chi connectivity index (χ0n) is 16.4. The zero-order chi connectivity index (χ0) is 19.8. The lowest BCUT2D eigenvalue weighted by Crippen LogP contribution is -2.48. The second-order valence-electron chi connectivity index (χ2n) is 7.22. The second-order valence-corrected chi connectivity index (χ2v) is 9.15. The highest BCUT2D eigenvalue weighted by Gasteiger charge is 2.33. The van der Waals surface area contributed by atoms with Gasteiger partial charge >= 0.3 is 0 Å². The van der Waals surface area contributed by atoms with Crippen molar-refractivity contribution in [3.8, 4) is 0 Å². The third-order valence-electron chi connectivity index (χ3n) is 5.09. The number of pyridine rings is 1. The average Bonchev–Trinajstić information content (AvgIpc) is 2.73. The van der Waals surface area contributed by atoms with E-state index in [9.17, 15) is 8.42 Å². The Kier molecular flexibility index (Phi) is 7.56. The molecule has 0 spiro atoms. The van der Waals surface area contributed by atoms with E-state index in [1.165, 1.54) is 0 Å². The van der Waals surface area contributed by atoms with Crippen molar-refractivity contribution >= 4 is 10.2 Å². The Balaban J connectivity index is 1.77. The molecule has 2 aromatic rings. The standard InChI is InChI=1S/C21H29N3O3S/c1-27-18-20-10-7-14-23(16-20)28(25,26)24(17-21-11-5-6-13-22-21)15-12-19-8-3-2-4-9-19/h2-6,8-9,11,13,20H,7,10,12,14-18H2,1H3. The summed E-state index contributed by atoms with van der Waals surface area (Å²) in [7, 11) is -1.91. The number of aromatic nitrogens is 1. The number of piperidine rings is 1. The molecule has 1 saturated heterocycles. The highest BCUT2D eigenvalue weighted by Crippen LogP contribution is 2.22. The summed E-state index contributed by atoms with van der Waals surface area (Å²) in [5, 5.41) is 0. The summed E-state index contributed by atoms with van der Waals surface area (Å²) in [6.07, 6.45) is 4.24. The molecule has 0 aliphatic carbocycles. The molecule has 1 unspecified atom stereocenters. The lowest BCUT2D eigenvalue weighted by atomic mass is 10.0. The largest absolute Gasteiger partial charge is 0.384 e. The fourth-order valence-corrected chi connectivity index (χ4v) is 5.32. The molecule has 1 fully saturated rings. The Bertz CT molecular complexity index is 813. The molecule has 1 aromatic heterocycles. The van der Waals surface area contributed by atoms with Gasteiger partial charge in [0.1, 0.15) is 0 Å². The van der Waals surface area contributed by atoms with Crippen LogP contribution in [0.2, 0.25) is 0 Å². The fourth-order valence-electron chi connectivity index (χ4n) is 3.62. The molecule has 0 amide bonds. The van der Waals surface area contributed by atoms with Crippen LogP contribution in [0.15, 0.2) is 54.7 Å². The molecule has 0 radical (unpaired) electrons. The van der Waals surface area contributed by atoms with Gasteiger partial charge in [-0.25, -0.2) is 0 Å². The number of ether oxygens (including phenoxy) is 1. The van der Waals surface area contributed by atoms with Gasteiger partial charge in [-0.2, -0.15) is 17.0 Å².